The third-order valence-corrected chi connectivity index (χ3v) is 6.82. The van der Waals surface area contributed by atoms with Crippen LogP contribution in [0.3, 0.4) is 0 Å². The maximum absolute atomic E-state index is 13.5. The summed E-state index contributed by atoms with van der Waals surface area (Å²) in [5, 5.41) is 13.5. The Kier molecular flexibility index (Phi) is 8.14. The lowest BCUT2D eigenvalue weighted by Gasteiger charge is -2.17. The normalized spacial score (nSPS) is 11.9. The lowest BCUT2D eigenvalue weighted by atomic mass is 10.0. The first-order chi connectivity index (χ1) is 20.2. The van der Waals surface area contributed by atoms with Crippen LogP contribution in [0.25, 0.3) is 21.7 Å². The average Bonchev–Trinajstić information content (AvgIpc) is 3.34. The number of rotatable bonds is 10. The fourth-order valence-corrected chi connectivity index (χ4v) is 4.66. The van der Waals surface area contributed by atoms with Crippen LogP contribution in [0.5, 0.6) is 11.8 Å². The van der Waals surface area contributed by atoms with Gasteiger partial charge < -0.3 is 25.1 Å². The Morgan fingerprint density at radius 3 is 2.48 bits per heavy atom. The van der Waals surface area contributed by atoms with Gasteiger partial charge in [-0.2, -0.15) is 0 Å². The van der Waals surface area contributed by atoms with Crippen LogP contribution in [0.2, 0.25) is 0 Å². The van der Waals surface area contributed by atoms with Crippen LogP contribution in [0.1, 0.15) is 42.4 Å². The number of hydrogen-bond acceptors (Lipinski definition) is 7. The van der Waals surface area contributed by atoms with Gasteiger partial charge in [0.1, 0.15) is 23.4 Å². The second kappa shape index (κ2) is 12.1. The van der Waals surface area contributed by atoms with Crippen molar-refractivity contribution < 1.29 is 19.1 Å². The summed E-state index contributed by atoms with van der Waals surface area (Å²) < 4.78 is 13.6. The number of esters is 1. The Labute approximate surface area is 243 Å². The van der Waals surface area contributed by atoms with E-state index in [1.165, 1.54) is 0 Å². The van der Waals surface area contributed by atoms with Crippen LogP contribution in [-0.4, -0.2) is 44.9 Å². The van der Waals surface area contributed by atoms with Gasteiger partial charge in [-0.3, -0.25) is 10.2 Å². The van der Waals surface area contributed by atoms with E-state index in [1.807, 2.05) is 47.0 Å². The molecule has 2 heterocycles. The Morgan fingerprint density at radius 1 is 0.976 bits per heavy atom. The zero-order chi connectivity index (χ0) is 29.8. The molecule has 2 aromatic heterocycles. The third kappa shape index (κ3) is 6.22. The second-order valence-electron chi connectivity index (χ2n) is 10.4. The number of ether oxygens (including phenoxy) is 2. The van der Waals surface area contributed by atoms with Gasteiger partial charge in [-0.1, -0.05) is 50.2 Å². The minimum atomic E-state index is -0.553. The predicted molar refractivity (Wildman–Crippen MR) is 161 cm³/mol. The molecule has 10 nitrogen and oxygen atoms in total. The van der Waals surface area contributed by atoms with Crippen molar-refractivity contribution in [3.05, 3.63) is 95.9 Å². The minimum Gasteiger partial charge on any atom is -0.456 e. The van der Waals surface area contributed by atoms with Crippen LogP contribution in [0.4, 0.5) is 0 Å². The van der Waals surface area contributed by atoms with E-state index in [4.69, 9.17) is 20.6 Å². The number of fused-ring (bicyclic) bond motifs is 2. The number of nitrogens with one attached hydrogen (secondary N) is 2. The number of benzene rings is 3. The number of nitrogens with zero attached hydrogens (tertiary/aromatic N) is 3. The molecule has 5 aromatic rings. The zero-order valence-corrected chi connectivity index (χ0v) is 23.6. The number of hydrogen-bond donors (Lipinski definition) is 3. The molecule has 0 aliphatic carbocycles. The number of amidine groups is 1. The van der Waals surface area contributed by atoms with E-state index in [1.54, 1.807) is 57.4 Å². The molecule has 4 N–H and O–H groups in total. The van der Waals surface area contributed by atoms with Gasteiger partial charge in [0, 0.05) is 41.3 Å². The van der Waals surface area contributed by atoms with Gasteiger partial charge in [0.2, 0.25) is 5.91 Å². The SMILES string of the molecule is CC(CNC(=O)C(C)C)OC(=O)c1cc2ccc(C(=N)N)cc2n1Cc1cc(Oc2ncccn2)cc2ccccc12. The minimum absolute atomic E-state index is 0.0769. The highest BCUT2D eigenvalue weighted by atomic mass is 16.5. The summed E-state index contributed by atoms with van der Waals surface area (Å²) in [6, 6.07) is 20.8. The van der Waals surface area contributed by atoms with E-state index in [9.17, 15) is 9.59 Å². The summed E-state index contributed by atoms with van der Waals surface area (Å²) in [6.45, 7) is 5.83. The summed E-state index contributed by atoms with van der Waals surface area (Å²) in [6.07, 6.45) is 2.66. The molecule has 0 saturated heterocycles. The molecule has 0 saturated carbocycles. The molecule has 0 fully saturated rings. The maximum Gasteiger partial charge on any atom is 0.355 e. The van der Waals surface area contributed by atoms with Crippen molar-refractivity contribution in [2.75, 3.05) is 6.54 Å². The first kappa shape index (κ1) is 28.3. The van der Waals surface area contributed by atoms with E-state index in [0.29, 0.717) is 23.6 Å². The van der Waals surface area contributed by atoms with Crippen molar-refractivity contribution in [2.45, 2.75) is 33.4 Å². The summed E-state index contributed by atoms with van der Waals surface area (Å²) in [5.41, 5.74) is 8.28. The highest BCUT2D eigenvalue weighted by Gasteiger charge is 2.22. The van der Waals surface area contributed by atoms with Crippen molar-refractivity contribution in [3.8, 4) is 11.8 Å². The summed E-state index contributed by atoms with van der Waals surface area (Å²) in [5.74, 6) is -0.342. The van der Waals surface area contributed by atoms with E-state index < -0.39 is 12.1 Å². The van der Waals surface area contributed by atoms with Gasteiger partial charge in [0.25, 0.3) is 0 Å². The number of nitrogen functional groups attached to an aromatic ring is 1. The van der Waals surface area contributed by atoms with Gasteiger partial charge >= 0.3 is 12.0 Å². The van der Waals surface area contributed by atoms with Gasteiger partial charge in [0.05, 0.1) is 6.54 Å². The molecule has 0 bridgehead atoms. The van der Waals surface area contributed by atoms with Crippen LogP contribution >= 0.6 is 0 Å². The molecule has 0 aliphatic rings. The lowest BCUT2D eigenvalue weighted by Crippen LogP contribution is -2.35. The Bertz CT molecular complexity index is 1780. The molecule has 214 valence electrons. The summed E-state index contributed by atoms with van der Waals surface area (Å²) in [4.78, 5) is 33.9. The zero-order valence-electron chi connectivity index (χ0n) is 23.6. The topological polar surface area (TPSA) is 145 Å². The molecular formula is C32H32N6O4. The first-order valence-corrected chi connectivity index (χ1v) is 13.6. The highest BCUT2D eigenvalue weighted by molar-refractivity contribution is 6.01. The largest absolute Gasteiger partial charge is 0.456 e. The highest BCUT2D eigenvalue weighted by Crippen LogP contribution is 2.31. The van der Waals surface area contributed by atoms with Gasteiger partial charge in [-0.05, 0) is 53.6 Å². The quantitative estimate of drug-likeness (QED) is 0.123. The molecule has 0 radical (unpaired) electrons. The monoisotopic (exact) mass is 564 g/mol. The molecule has 10 heteroatoms. The molecule has 1 atom stereocenters. The first-order valence-electron chi connectivity index (χ1n) is 13.6. The number of carbonyl (C=O) groups is 2. The lowest BCUT2D eigenvalue weighted by molar-refractivity contribution is -0.124. The van der Waals surface area contributed by atoms with Crippen molar-refractivity contribution in [1.82, 2.24) is 19.9 Å². The molecule has 1 amide bonds. The van der Waals surface area contributed by atoms with Crippen LogP contribution < -0.4 is 15.8 Å². The Balaban J connectivity index is 1.55. The third-order valence-electron chi connectivity index (χ3n) is 6.82. The molecule has 0 spiro atoms. The van der Waals surface area contributed by atoms with E-state index in [0.717, 1.165) is 27.2 Å². The number of aromatic nitrogens is 3. The number of carbonyl (C=O) groups excluding carboxylic acids is 2. The summed E-state index contributed by atoms with van der Waals surface area (Å²) in [7, 11) is 0. The molecule has 5 rings (SSSR count). The maximum atomic E-state index is 13.5. The van der Waals surface area contributed by atoms with Gasteiger partial charge in [0.15, 0.2) is 0 Å². The van der Waals surface area contributed by atoms with Crippen molar-refractivity contribution in [3.63, 3.8) is 0 Å². The van der Waals surface area contributed by atoms with E-state index in [-0.39, 0.29) is 30.2 Å². The number of nitrogens with two attached hydrogens (primary N) is 1. The van der Waals surface area contributed by atoms with Crippen molar-refractivity contribution in [1.29, 1.82) is 5.41 Å². The fourth-order valence-electron chi connectivity index (χ4n) is 4.66. The van der Waals surface area contributed by atoms with Crippen LogP contribution in [0.15, 0.2) is 79.1 Å². The van der Waals surface area contributed by atoms with Crippen molar-refractivity contribution >= 4 is 39.4 Å². The van der Waals surface area contributed by atoms with Gasteiger partial charge in [-0.25, -0.2) is 14.8 Å². The second-order valence-corrected chi connectivity index (χ2v) is 10.4. The fraction of sp³-hybridized carbons (Fsp3) is 0.219. The average molecular weight is 565 g/mol. The summed E-state index contributed by atoms with van der Waals surface area (Å²) >= 11 is 0. The van der Waals surface area contributed by atoms with Crippen LogP contribution in [0, 0.1) is 11.3 Å². The number of amides is 1. The molecule has 3 aromatic carbocycles. The standard InChI is InChI=1S/C32H32N6O4/c1-19(2)30(39)37-17-20(3)41-31(40)28-15-22-9-10-23(29(33)34)16-27(22)38(28)18-24-14-25(42-32-35-11-6-12-36-32)13-21-7-4-5-8-26(21)24/h4-16,19-20H,17-18H2,1-3H3,(H3,33,34)(H,37,39). The Morgan fingerprint density at radius 2 is 1.74 bits per heavy atom. The smallest absolute Gasteiger partial charge is 0.355 e. The van der Waals surface area contributed by atoms with E-state index >= 15 is 0 Å². The van der Waals surface area contributed by atoms with Crippen molar-refractivity contribution in [2.24, 2.45) is 11.7 Å². The predicted octanol–water partition coefficient (Wildman–Crippen LogP) is 5.03. The molecule has 1 unspecified atom stereocenters. The van der Waals surface area contributed by atoms with E-state index in [2.05, 4.69) is 15.3 Å². The molecular weight excluding hydrogens is 532 g/mol. The molecule has 0 aliphatic heterocycles. The van der Waals surface area contributed by atoms with Crippen LogP contribution in [-0.2, 0) is 16.1 Å². The Hall–Kier alpha value is -5.25. The molecule has 42 heavy (non-hydrogen) atoms. The van der Waals surface area contributed by atoms with Gasteiger partial charge in [-0.15, -0.1) is 0 Å².